The molecule has 1 aliphatic carbocycles. The number of aliphatic hydroxyl groups is 3. The molecule has 5 aliphatic heterocycles. The fraction of sp³-hybridized carbons (Fsp3) is 0.535. The van der Waals surface area contributed by atoms with Crippen LogP contribution in [0.5, 0.6) is 5.75 Å². The number of esters is 2. The first kappa shape index (κ1) is 36.4. The zero-order valence-corrected chi connectivity index (χ0v) is 32.5. The molecule has 2 bridgehead atoms. The van der Waals surface area contributed by atoms with E-state index in [9.17, 15) is 20.1 Å². The lowest BCUT2D eigenvalue weighted by Crippen LogP contribution is -2.78. The first-order chi connectivity index (χ1) is 26.4. The molecule has 2 aromatic carbocycles. The van der Waals surface area contributed by atoms with Crippen molar-refractivity contribution in [2.24, 2.45) is 11.8 Å². The van der Waals surface area contributed by atoms with Crippen molar-refractivity contribution in [3.8, 4) is 5.75 Å². The van der Waals surface area contributed by atoms with E-state index in [0.717, 1.165) is 44.6 Å². The fourth-order valence-electron chi connectivity index (χ4n) is 12.2. The van der Waals surface area contributed by atoms with Gasteiger partial charge in [0, 0.05) is 84.5 Å². The highest BCUT2D eigenvalue weighted by Crippen LogP contribution is 2.65. The maximum Gasteiger partial charge on any atom is 0.342 e. The second-order valence-corrected chi connectivity index (χ2v) is 16.7. The van der Waals surface area contributed by atoms with Gasteiger partial charge in [-0.2, -0.15) is 0 Å². The Balaban J connectivity index is 1.36. The van der Waals surface area contributed by atoms with Crippen LogP contribution in [0.1, 0.15) is 55.5 Å². The minimum atomic E-state index is -2.27. The summed E-state index contributed by atoms with van der Waals surface area (Å²) in [6.45, 7) is 7.10. The smallest absolute Gasteiger partial charge is 0.342 e. The molecule has 2 fully saturated rings. The summed E-state index contributed by atoms with van der Waals surface area (Å²) in [5, 5.41) is 36.9. The molecule has 0 amide bonds. The van der Waals surface area contributed by atoms with E-state index < -0.39 is 52.5 Å². The number of carbonyl (C=O) groups is 2. The number of rotatable bonds is 6. The highest BCUT2D eigenvalue weighted by Gasteiger charge is 2.76. The Morgan fingerprint density at radius 2 is 1.84 bits per heavy atom. The molecule has 0 radical (unpaired) electrons. The van der Waals surface area contributed by atoms with E-state index in [1.54, 1.807) is 14.0 Å². The van der Waals surface area contributed by atoms with Gasteiger partial charge in [0.1, 0.15) is 17.3 Å². The second-order valence-electron chi connectivity index (χ2n) is 16.7. The van der Waals surface area contributed by atoms with Crippen LogP contribution in [0, 0.1) is 11.8 Å². The van der Waals surface area contributed by atoms with Gasteiger partial charge < -0.3 is 39.4 Å². The third kappa shape index (κ3) is 4.63. The summed E-state index contributed by atoms with van der Waals surface area (Å²) in [6, 6.07) is 11.0. The van der Waals surface area contributed by atoms with Gasteiger partial charge in [0.05, 0.1) is 33.5 Å². The Bertz CT molecular complexity index is 2160. The van der Waals surface area contributed by atoms with Gasteiger partial charge in [-0.1, -0.05) is 42.8 Å². The van der Waals surface area contributed by atoms with E-state index in [4.69, 9.17) is 14.2 Å². The highest BCUT2D eigenvalue weighted by atomic mass is 16.5. The third-order valence-electron chi connectivity index (χ3n) is 14.4. The molecule has 55 heavy (non-hydrogen) atoms. The van der Waals surface area contributed by atoms with Gasteiger partial charge in [0.2, 0.25) is 5.60 Å². The minimum absolute atomic E-state index is 0.125. The number of benzene rings is 2. The average Bonchev–Trinajstić information content (AvgIpc) is 3.84. The quantitative estimate of drug-likeness (QED) is 0.218. The molecule has 4 N–H and O–H groups in total. The molecule has 3 aromatic rings. The molecule has 6 heterocycles. The van der Waals surface area contributed by atoms with Crippen LogP contribution in [-0.2, 0) is 36.4 Å². The van der Waals surface area contributed by atoms with Crippen LogP contribution in [0.3, 0.4) is 0 Å². The van der Waals surface area contributed by atoms with Crippen molar-refractivity contribution in [3.63, 3.8) is 0 Å². The highest BCUT2D eigenvalue weighted by molar-refractivity contribution is 5.95. The lowest BCUT2D eigenvalue weighted by molar-refractivity contribution is -0.201. The Morgan fingerprint density at radius 1 is 1.07 bits per heavy atom. The molecule has 1 saturated carbocycles. The van der Waals surface area contributed by atoms with Crippen LogP contribution in [0.25, 0.3) is 10.9 Å². The molecule has 10 atom stereocenters. The van der Waals surface area contributed by atoms with E-state index in [1.807, 2.05) is 43.1 Å². The summed E-state index contributed by atoms with van der Waals surface area (Å²) in [5.74, 6) is -1.49. The molecular weight excluding hydrogens is 700 g/mol. The summed E-state index contributed by atoms with van der Waals surface area (Å²) in [4.78, 5) is 39.4. The number of aromatic amines is 1. The van der Waals surface area contributed by atoms with E-state index in [0.29, 0.717) is 63.3 Å². The van der Waals surface area contributed by atoms with Crippen LogP contribution < -0.4 is 9.64 Å². The van der Waals surface area contributed by atoms with Crippen LogP contribution in [0.4, 0.5) is 5.69 Å². The van der Waals surface area contributed by atoms with Crippen molar-refractivity contribution >= 4 is 28.5 Å². The molecule has 1 aromatic heterocycles. The number of ether oxygens (including phenoxy) is 3. The summed E-state index contributed by atoms with van der Waals surface area (Å²) < 4.78 is 17.5. The van der Waals surface area contributed by atoms with Gasteiger partial charge in [0.15, 0.2) is 0 Å². The van der Waals surface area contributed by atoms with E-state index in [-0.39, 0.29) is 12.0 Å². The molecule has 292 valence electrons. The number of carbonyl (C=O) groups excluding carboxylic acids is 2. The maximum atomic E-state index is 15.1. The number of hydrogen-bond acceptors (Lipinski definition) is 11. The lowest BCUT2D eigenvalue weighted by Gasteiger charge is -2.59. The Kier molecular flexibility index (Phi) is 8.39. The summed E-state index contributed by atoms with van der Waals surface area (Å²) in [7, 11) is 6.14. The number of hydrogen-bond donors (Lipinski definition) is 4. The molecule has 4 unspecified atom stereocenters. The van der Waals surface area contributed by atoms with Gasteiger partial charge in [-0.15, -0.1) is 0 Å². The van der Waals surface area contributed by atoms with Crippen LogP contribution in [0.2, 0.25) is 0 Å². The van der Waals surface area contributed by atoms with Crippen molar-refractivity contribution in [3.05, 3.63) is 82.1 Å². The predicted molar refractivity (Wildman–Crippen MR) is 206 cm³/mol. The average molecular weight is 753 g/mol. The van der Waals surface area contributed by atoms with Gasteiger partial charge in [-0.3, -0.25) is 14.6 Å². The number of aliphatic hydroxyl groups excluding tert-OH is 2. The number of H-pyrrole nitrogens is 1. The Hall–Kier alpha value is -4.20. The number of nitrogens with zero attached hydrogens (tertiary/aromatic N) is 3. The summed E-state index contributed by atoms with van der Waals surface area (Å²) in [6.07, 6.45) is 3.81. The second kappa shape index (κ2) is 12.7. The molecule has 12 heteroatoms. The standard InChI is InChI=1S/C43H52N4O8/c1-7-25-12-14-47-15-13-41-29-17-30(33(53-4)18-32(29)45(3)38(41)43(52,40(51)55-6)37(49)34(25)36(41)47)42(39(50)54-5)19-24-16-26(23(2)48)21-46(20-24)22-28-27-10-8-9-11-31(27)44-35(28)42/h8-12,16-18,23-24,34,36-38,44,48-49,52H,7,13-15,19-22H2,1-6H3/t23?,24-,34?,36+,37-,38-,41-,42+,43?/m1/s1. The number of para-hydroxylation sites is 1. The van der Waals surface area contributed by atoms with Crippen molar-refractivity contribution in [2.45, 2.75) is 80.4 Å². The topological polar surface area (TPSA) is 148 Å². The van der Waals surface area contributed by atoms with Gasteiger partial charge in [0.25, 0.3) is 0 Å². The van der Waals surface area contributed by atoms with Crippen LogP contribution >= 0.6 is 0 Å². The Labute approximate surface area is 321 Å². The largest absolute Gasteiger partial charge is 0.496 e. The molecule has 6 aliphatic rings. The predicted octanol–water partition coefficient (Wildman–Crippen LogP) is 3.15. The summed E-state index contributed by atoms with van der Waals surface area (Å²) >= 11 is 0. The minimum Gasteiger partial charge on any atom is -0.496 e. The van der Waals surface area contributed by atoms with Crippen molar-refractivity contribution in [2.75, 3.05) is 59.5 Å². The fourth-order valence-corrected chi connectivity index (χ4v) is 12.2. The molecule has 1 saturated heterocycles. The Morgan fingerprint density at radius 3 is 2.55 bits per heavy atom. The van der Waals surface area contributed by atoms with Gasteiger partial charge in [-0.05, 0) is 67.5 Å². The van der Waals surface area contributed by atoms with E-state index in [2.05, 4.69) is 39.1 Å². The first-order valence-corrected chi connectivity index (χ1v) is 19.6. The van der Waals surface area contributed by atoms with Crippen molar-refractivity contribution in [1.82, 2.24) is 14.8 Å². The first-order valence-electron chi connectivity index (χ1n) is 19.6. The SMILES string of the molecule is CCC1=CCN2CC[C@]34c5cc([C@@]6(C(=O)OC)C[C@H]7C=C(C(C)O)CN(Cc8c6[nH]c6ccccc86)C7)c(OC)cc5N(C)[C@H]3C(O)(C(=O)OC)[C@H](O)C1[C@H]24. The normalized spacial score (nSPS) is 35.3. The zero-order chi connectivity index (χ0) is 38.8. The number of fused-ring (bicyclic) bond motifs is 6. The zero-order valence-electron chi connectivity index (χ0n) is 32.5. The van der Waals surface area contributed by atoms with E-state index in [1.165, 1.54) is 14.2 Å². The monoisotopic (exact) mass is 752 g/mol. The van der Waals surface area contributed by atoms with Crippen LogP contribution in [0.15, 0.2) is 59.7 Å². The maximum absolute atomic E-state index is 15.1. The number of methoxy groups -OCH3 is 3. The third-order valence-corrected chi connectivity index (χ3v) is 14.4. The molecule has 9 rings (SSSR count). The van der Waals surface area contributed by atoms with Crippen molar-refractivity contribution in [1.29, 1.82) is 0 Å². The molecular formula is C43H52N4O8. The molecule has 12 nitrogen and oxygen atoms in total. The number of aromatic nitrogens is 1. The number of likely N-dealkylation sites (N-methyl/N-ethyl adjacent to an activating group) is 1. The number of nitrogens with one attached hydrogen (secondary N) is 1. The van der Waals surface area contributed by atoms with E-state index >= 15 is 4.79 Å². The lowest BCUT2D eigenvalue weighted by atomic mass is 9.52. The summed E-state index contributed by atoms with van der Waals surface area (Å²) in [5.41, 5.74) is 2.35. The van der Waals surface area contributed by atoms with Gasteiger partial charge in [-0.25, -0.2) is 4.79 Å². The van der Waals surface area contributed by atoms with Crippen LogP contribution in [-0.4, -0.2) is 126 Å². The molecule has 1 spiro atoms. The van der Waals surface area contributed by atoms with Crippen molar-refractivity contribution < 1.29 is 39.1 Å². The van der Waals surface area contributed by atoms with Gasteiger partial charge >= 0.3 is 11.9 Å². The number of anilines is 1.